The van der Waals surface area contributed by atoms with Crippen molar-refractivity contribution in [2.75, 3.05) is 11.9 Å². The molecular formula is C32H26Cl4N2O2. The highest BCUT2D eigenvalue weighted by molar-refractivity contribution is 6.37. The van der Waals surface area contributed by atoms with Gasteiger partial charge in [-0.15, -0.1) is 0 Å². The fourth-order valence-electron chi connectivity index (χ4n) is 8.20. The summed E-state index contributed by atoms with van der Waals surface area (Å²) in [4.78, 5) is 31.8. The molecule has 3 aliphatic heterocycles. The second-order valence-electron chi connectivity index (χ2n) is 11.2. The SMILES string of the molecule is O=C1/C(=C/c2c(Cl)cccc2Cl)CCCC12[C@@H]1CCCN1[C@@]1(C(=O)Nc3ccccc31)[C@H]2c1c(Cl)cccc1Cl. The van der Waals surface area contributed by atoms with Gasteiger partial charge in [-0.2, -0.15) is 0 Å². The number of fused-ring (bicyclic) bond motifs is 5. The van der Waals surface area contributed by atoms with E-state index in [0.29, 0.717) is 56.2 Å². The van der Waals surface area contributed by atoms with Crippen LogP contribution < -0.4 is 5.32 Å². The van der Waals surface area contributed by atoms with Crippen LogP contribution in [0, 0.1) is 5.41 Å². The van der Waals surface area contributed by atoms with Crippen molar-refractivity contribution in [2.24, 2.45) is 5.41 Å². The molecule has 204 valence electrons. The summed E-state index contributed by atoms with van der Waals surface area (Å²) in [6.07, 6.45) is 5.57. The lowest BCUT2D eigenvalue weighted by atomic mass is 9.55. The largest absolute Gasteiger partial charge is 0.324 e. The van der Waals surface area contributed by atoms with Crippen LogP contribution in [0.2, 0.25) is 20.1 Å². The van der Waals surface area contributed by atoms with Gasteiger partial charge in [0.1, 0.15) is 5.54 Å². The summed E-state index contributed by atoms with van der Waals surface area (Å²) in [5.74, 6) is -0.689. The van der Waals surface area contributed by atoms with E-state index in [4.69, 9.17) is 46.4 Å². The normalized spacial score (nSPS) is 30.4. The van der Waals surface area contributed by atoms with Gasteiger partial charge >= 0.3 is 0 Å². The number of rotatable bonds is 2. The highest BCUT2D eigenvalue weighted by Gasteiger charge is 2.75. The Balaban J connectivity index is 1.53. The minimum atomic E-state index is -1.12. The molecule has 0 aromatic heterocycles. The smallest absolute Gasteiger partial charge is 0.250 e. The first-order valence-corrected chi connectivity index (χ1v) is 15.1. The lowest BCUT2D eigenvalue weighted by molar-refractivity contribution is -0.129. The molecule has 0 radical (unpaired) electrons. The van der Waals surface area contributed by atoms with E-state index in [1.54, 1.807) is 36.4 Å². The molecule has 8 heteroatoms. The third-order valence-corrected chi connectivity index (χ3v) is 10.8. The van der Waals surface area contributed by atoms with Crippen molar-refractivity contribution < 1.29 is 9.59 Å². The van der Waals surface area contributed by atoms with E-state index in [1.165, 1.54) is 0 Å². The van der Waals surface area contributed by atoms with E-state index >= 15 is 4.79 Å². The fourth-order valence-corrected chi connectivity index (χ4v) is 9.32. The summed E-state index contributed by atoms with van der Waals surface area (Å²) in [5, 5.41) is 5.07. The van der Waals surface area contributed by atoms with Crippen LogP contribution in [0.15, 0.2) is 66.2 Å². The predicted octanol–water partition coefficient (Wildman–Crippen LogP) is 8.53. The summed E-state index contributed by atoms with van der Waals surface area (Å²) in [6, 6.07) is 18.4. The molecule has 1 unspecified atom stereocenters. The Labute approximate surface area is 253 Å². The molecule has 7 rings (SSSR count). The summed E-state index contributed by atoms with van der Waals surface area (Å²) >= 11 is 27.0. The van der Waals surface area contributed by atoms with E-state index in [1.807, 2.05) is 30.3 Å². The zero-order valence-corrected chi connectivity index (χ0v) is 24.5. The van der Waals surface area contributed by atoms with Crippen LogP contribution in [0.1, 0.15) is 54.7 Å². The minimum Gasteiger partial charge on any atom is -0.324 e. The lowest BCUT2D eigenvalue weighted by Gasteiger charge is -2.44. The molecule has 4 atom stereocenters. The maximum Gasteiger partial charge on any atom is 0.250 e. The summed E-state index contributed by atoms with van der Waals surface area (Å²) < 4.78 is 0. The number of amides is 1. The van der Waals surface area contributed by atoms with Crippen LogP contribution in [-0.4, -0.2) is 29.2 Å². The Hall–Kier alpha value is -2.34. The van der Waals surface area contributed by atoms with Crippen LogP contribution in [0.25, 0.3) is 6.08 Å². The van der Waals surface area contributed by atoms with Gasteiger partial charge < -0.3 is 5.32 Å². The molecule has 3 aromatic carbocycles. The third kappa shape index (κ3) is 3.44. The third-order valence-electron chi connectivity index (χ3n) is 9.52. The molecule has 1 amide bonds. The quantitative estimate of drug-likeness (QED) is 0.295. The van der Waals surface area contributed by atoms with Gasteiger partial charge in [-0.3, -0.25) is 14.5 Å². The first-order chi connectivity index (χ1) is 19.3. The average molecular weight is 612 g/mol. The highest BCUT2D eigenvalue weighted by atomic mass is 35.5. The van der Waals surface area contributed by atoms with Gasteiger partial charge in [-0.25, -0.2) is 0 Å². The Morgan fingerprint density at radius 3 is 2.25 bits per heavy atom. The van der Waals surface area contributed by atoms with Gasteiger partial charge in [0.25, 0.3) is 0 Å². The number of anilines is 1. The van der Waals surface area contributed by atoms with Gasteiger partial charge in [0.15, 0.2) is 5.78 Å². The number of allylic oxidation sites excluding steroid dienone is 1. The number of carbonyl (C=O) groups is 2. The number of nitrogens with one attached hydrogen (secondary N) is 1. The number of hydrogen-bond acceptors (Lipinski definition) is 3. The van der Waals surface area contributed by atoms with Crippen LogP contribution in [0.5, 0.6) is 0 Å². The van der Waals surface area contributed by atoms with E-state index in [2.05, 4.69) is 10.2 Å². The average Bonchev–Trinajstić information content (AvgIpc) is 3.59. The molecule has 0 bridgehead atoms. The van der Waals surface area contributed by atoms with Gasteiger partial charge in [0.05, 0.1) is 5.41 Å². The fraction of sp³-hybridized carbons (Fsp3) is 0.312. The number of Topliss-reactive ketones (excluding diaryl/α,β-unsaturated/α-hetero) is 1. The van der Waals surface area contributed by atoms with Crippen LogP contribution in [-0.2, 0) is 15.1 Å². The van der Waals surface area contributed by atoms with Crippen LogP contribution in [0.4, 0.5) is 5.69 Å². The van der Waals surface area contributed by atoms with E-state index in [9.17, 15) is 4.79 Å². The molecule has 1 aliphatic carbocycles. The molecule has 3 fully saturated rings. The summed E-state index contributed by atoms with van der Waals surface area (Å²) in [6.45, 7) is 0.704. The van der Waals surface area contributed by atoms with Gasteiger partial charge in [-0.1, -0.05) is 76.7 Å². The first kappa shape index (κ1) is 26.6. The second-order valence-corrected chi connectivity index (χ2v) is 12.8. The van der Waals surface area contributed by atoms with Gasteiger partial charge in [-0.05, 0) is 86.2 Å². The van der Waals surface area contributed by atoms with Crippen molar-refractivity contribution in [3.05, 3.63) is 103 Å². The number of nitrogens with zero attached hydrogens (tertiary/aromatic N) is 1. The number of hydrogen-bond donors (Lipinski definition) is 1. The van der Waals surface area contributed by atoms with Crippen molar-refractivity contribution in [3.63, 3.8) is 0 Å². The van der Waals surface area contributed by atoms with Crippen LogP contribution in [0.3, 0.4) is 0 Å². The minimum absolute atomic E-state index is 0.0293. The molecule has 3 aromatic rings. The second kappa shape index (κ2) is 9.61. The molecule has 4 aliphatic rings. The van der Waals surface area contributed by atoms with Crippen molar-refractivity contribution in [1.82, 2.24) is 4.90 Å². The van der Waals surface area contributed by atoms with E-state index < -0.39 is 16.9 Å². The Morgan fingerprint density at radius 2 is 1.52 bits per heavy atom. The van der Waals surface area contributed by atoms with E-state index in [0.717, 1.165) is 30.5 Å². The van der Waals surface area contributed by atoms with Crippen LogP contribution >= 0.6 is 46.4 Å². The molecule has 40 heavy (non-hydrogen) atoms. The number of ketones is 1. The zero-order chi connectivity index (χ0) is 27.8. The molecule has 1 N–H and O–H groups in total. The maximum atomic E-state index is 15.1. The van der Waals surface area contributed by atoms with Gasteiger partial charge in [0, 0.05) is 48.9 Å². The molecule has 2 spiro atoms. The highest BCUT2D eigenvalue weighted by Crippen LogP contribution is 2.70. The van der Waals surface area contributed by atoms with Crippen molar-refractivity contribution >= 4 is 69.9 Å². The van der Waals surface area contributed by atoms with Crippen molar-refractivity contribution in [3.8, 4) is 0 Å². The number of halogens is 4. The first-order valence-electron chi connectivity index (χ1n) is 13.6. The Morgan fingerprint density at radius 1 is 0.850 bits per heavy atom. The van der Waals surface area contributed by atoms with Crippen molar-refractivity contribution in [1.29, 1.82) is 0 Å². The van der Waals surface area contributed by atoms with Crippen molar-refractivity contribution in [2.45, 2.75) is 49.6 Å². The summed E-state index contributed by atoms with van der Waals surface area (Å²) in [7, 11) is 0. The zero-order valence-electron chi connectivity index (χ0n) is 21.5. The summed E-state index contributed by atoms with van der Waals surface area (Å²) in [5.41, 5.74) is 1.58. The Kier molecular flexibility index (Phi) is 6.38. The van der Waals surface area contributed by atoms with E-state index in [-0.39, 0.29) is 17.7 Å². The number of benzene rings is 3. The monoisotopic (exact) mass is 610 g/mol. The molecular weight excluding hydrogens is 586 g/mol. The standard InChI is InChI=1S/C32H26Cl4N2O2/c33-21-9-3-10-22(34)19(21)17-18-7-5-15-31(29(18)39)26-14-6-16-38(26)32(20-8-1-2-13-25(20)37-30(32)40)28(31)27-23(35)11-4-12-24(27)36/h1-4,8-13,17,26,28H,5-7,14-16H2,(H,37,40)/b18-17+/t26-,28-,31?,32+/m0/s1. The Bertz CT molecular complexity index is 1580. The topological polar surface area (TPSA) is 49.4 Å². The molecule has 2 saturated heterocycles. The number of para-hydroxylation sites is 1. The maximum absolute atomic E-state index is 15.1. The number of carbonyl (C=O) groups excluding carboxylic acids is 2. The molecule has 1 saturated carbocycles. The predicted molar refractivity (Wildman–Crippen MR) is 161 cm³/mol. The molecule has 4 nitrogen and oxygen atoms in total. The lowest BCUT2D eigenvalue weighted by Crippen LogP contribution is -2.51. The molecule has 3 heterocycles. The van der Waals surface area contributed by atoms with Gasteiger partial charge in [0.2, 0.25) is 5.91 Å².